The maximum Gasteiger partial charge on any atom is 0.326 e. The van der Waals surface area contributed by atoms with Crippen molar-refractivity contribution in [2.45, 2.75) is 27.0 Å². The van der Waals surface area contributed by atoms with Crippen LogP contribution in [0.3, 0.4) is 0 Å². The van der Waals surface area contributed by atoms with Gasteiger partial charge >= 0.3 is 10.8 Å². The third-order valence-electron chi connectivity index (χ3n) is 3.04. The van der Waals surface area contributed by atoms with Crippen LogP contribution in [0.5, 0.6) is 0 Å². The van der Waals surface area contributed by atoms with Crippen LogP contribution in [-0.4, -0.2) is 25.1 Å². The van der Waals surface area contributed by atoms with Crippen molar-refractivity contribution in [3.63, 3.8) is 0 Å². The number of hydrogen-bond donors (Lipinski definition) is 0. The Morgan fingerprint density at radius 3 is 2.83 bits per heavy atom. The topological polar surface area (TPSA) is 95.6 Å². The summed E-state index contributed by atoms with van der Waals surface area (Å²) in [4.78, 5) is 39.6. The molecule has 0 N–H and O–H groups in total. The second kappa shape index (κ2) is 6.05. The SMILES string of the molecule is Cc1cc(=O)n2nc(COC(=O)Cn3c(C)csc3=O)sc2n1. The van der Waals surface area contributed by atoms with Crippen LogP contribution in [0.4, 0.5) is 0 Å². The quantitative estimate of drug-likeness (QED) is 0.643. The second-order valence-corrected chi connectivity index (χ2v) is 6.68. The zero-order valence-electron chi connectivity index (χ0n) is 12.3. The molecule has 0 fully saturated rings. The summed E-state index contributed by atoms with van der Waals surface area (Å²) in [6.07, 6.45) is 0. The van der Waals surface area contributed by atoms with Crippen molar-refractivity contribution in [1.82, 2.24) is 19.2 Å². The van der Waals surface area contributed by atoms with Crippen LogP contribution < -0.4 is 10.4 Å². The van der Waals surface area contributed by atoms with E-state index in [2.05, 4.69) is 10.1 Å². The Bertz CT molecular complexity index is 997. The van der Waals surface area contributed by atoms with E-state index in [1.165, 1.54) is 26.5 Å². The van der Waals surface area contributed by atoms with Gasteiger partial charge in [-0.2, -0.15) is 9.61 Å². The number of rotatable bonds is 4. The predicted molar refractivity (Wildman–Crippen MR) is 85.0 cm³/mol. The third kappa shape index (κ3) is 3.22. The molecular formula is C13H12N4O4S2. The molecule has 0 spiro atoms. The lowest BCUT2D eigenvalue weighted by Gasteiger charge is -2.04. The second-order valence-electron chi connectivity index (χ2n) is 4.82. The minimum absolute atomic E-state index is 0.0662. The molecule has 0 aliphatic carbocycles. The predicted octanol–water partition coefficient (Wildman–Crippen LogP) is 0.734. The molecule has 0 bridgehead atoms. The standard InChI is InChI=1S/C13H12N4O4S2/c1-7-3-10(18)17-12(14-7)23-9(15-17)5-21-11(19)4-16-8(2)6-22-13(16)20/h3,6H,4-5H2,1-2H3. The van der Waals surface area contributed by atoms with E-state index in [9.17, 15) is 14.4 Å². The number of thiazole rings is 1. The number of fused-ring (bicyclic) bond motifs is 1. The van der Waals surface area contributed by atoms with E-state index in [0.29, 0.717) is 21.4 Å². The van der Waals surface area contributed by atoms with E-state index in [0.717, 1.165) is 11.3 Å². The van der Waals surface area contributed by atoms with Crippen molar-refractivity contribution in [2.24, 2.45) is 0 Å². The molecular weight excluding hydrogens is 340 g/mol. The number of hydrogen-bond acceptors (Lipinski definition) is 8. The van der Waals surface area contributed by atoms with Crippen molar-refractivity contribution in [3.8, 4) is 0 Å². The van der Waals surface area contributed by atoms with Gasteiger partial charge in [0.1, 0.15) is 13.2 Å². The summed E-state index contributed by atoms with van der Waals surface area (Å²) >= 11 is 2.22. The van der Waals surface area contributed by atoms with Gasteiger partial charge in [-0.3, -0.25) is 19.0 Å². The summed E-state index contributed by atoms with van der Waals surface area (Å²) < 4.78 is 7.64. The average Bonchev–Trinajstić information content (AvgIpc) is 3.03. The summed E-state index contributed by atoms with van der Waals surface area (Å²) in [5, 5.41) is 6.22. The minimum Gasteiger partial charge on any atom is -0.457 e. The van der Waals surface area contributed by atoms with Crippen molar-refractivity contribution in [1.29, 1.82) is 0 Å². The molecule has 120 valence electrons. The number of aryl methyl sites for hydroxylation is 2. The zero-order valence-corrected chi connectivity index (χ0v) is 13.9. The molecule has 10 heteroatoms. The third-order valence-corrected chi connectivity index (χ3v) is 4.80. The van der Waals surface area contributed by atoms with Crippen LogP contribution in [0.15, 0.2) is 21.0 Å². The molecule has 0 saturated carbocycles. The van der Waals surface area contributed by atoms with Gasteiger partial charge in [0.15, 0.2) is 5.01 Å². The zero-order chi connectivity index (χ0) is 16.6. The van der Waals surface area contributed by atoms with Crippen molar-refractivity contribution >= 4 is 33.6 Å². The molecule has 0 aromatic carbocycles. The highest BCUT2D eigenvalue weighted by Gasteiger charge is 2.12. The molecule has 23 heavy (non-hydrogen) atoms. The fraction of sp³-hybridized carbons (Fsp3) is 0.308. The van der Waals surface area contributed by atoms with E-state index < -0.39 is 5.97 Å². The molecule has 0 saturated heterocycles. The Morgan fingerprint density at radius 2 is 2.13 bits per heavy atom. The largest absolute Gasteiger partial charge is 0.457 e. The summed E-state index contributed by atoms with van der Waals surface area (Å²) in [6.45, 7) is 3.26. The van der Waals surface area contributed by atoms with E-state index in [1.807, 2.05) is 0 Å². The van der Waals surface area contributed by atoms with Crippen molar-refractivity contribution in [3.05, 3.63) is 47.9 Å². The van der Waals surface area contributed by atoms with Crippen LogP contribution in [0.2, 0.25) is 0 Å². The maximum atomic E-state index is 11.8. The van der Waals surface area contributed by atoms with E-state index >= 15 is 0 Å². The smallest absolute Gasteiger partial charge is 0.326 e. The van der Waals surface area contributed by atoms with Gasteiger partial charge in [-0.15, -0.1) is 0 Å². The lowest BCUT2D eigenvalue weighted by Crippen LogP contribution is -2.22. The monoisotopic (exact) mass is 352 g/mol. The van der Waals surface area contributed by atoms with Gasteiger partial charge in [-0.05, 0) is 13.8 Å². The Hall–Kier alpha value is -2.33. The highest BCUT2D eigenvalue weighted by Crippen LogP contribution is 2.12. The molecule has 3 rings (SSSR count). The molecule has 0 radical (unpaired) electrons. The summed E-state index contributed by atoms with van der Waals surface area (Å²) in [5.41, 5.74) is 1.04. The van der Waals surface area contributed by atoms with E-state index in [1.54, 1.807) is 19.2 Å². The molecule has 0 aliphatic heterocycles. The van der Waals surface area contributed by atoms with Crippen LogP contribution in [-0.2, 0) is 22.7 Å². The maximum absolute atomic E-state index is 11.8. The molecule has 0 unspecified atom stereocenters. The highest BCUT2D eigenvalue weighted by atomic mass is 32.1. The normalized spacial score (nSPS) is 11.0. The van der Waals surface area contributed by atoms with Gasteiger partial charge in [0.25, 0.3) is 5.56 Å². The molecule has 0 aliphatic rings. The van der Waals surface area contributed by atoms with Crippen molar-refractivity contribution in [2.75, 3.05) is 0 Å². The first-order valence-electron chi connectivity index (χ1n) is 6.61. The van der Waals surface area contributed by atoms with Crippen LogP contribution in [0, 0.1) is 13.8 Å². The van der Waals surface area contributed by atoms with Gasteiger partial charge in [0, 0.05) is 22.8 Å². The molecule has 0 atom stereocenters. The Kier molecular flexibility index (Phi) is 4.09. The van der Waals surface area contributed by atoms with E-state index in [-0.39, 0.29) is 23.6 Å². The molecule has 3 heterocycles. The number of carbonyl (C=O) groups is 1. The minimum atomic E-state index is -0.538. The Morgan fingerprint density at radius 1 is 1.35 bits per heavy atom. The van der Waals surface area contributed by atoms with Gasteiger partial charge in [-0.1, -0.05) is 22.7 Å². The first-order valence-corrected chi connectivity index (χ1v) is 8.30. The molecule has 0 amide bonds. The summed E-state index contributed by atoms with van der Waals surface area (Å²) in [7, 11) is 0. The molecule has 3 aromatic heterocycles. The molecule has 8 nitrogen and oxygen atoms in total. The van der Waals surface area contributed by atoms with Crippen LogP contribution >= 0.6 is 22.7 Å². The highest BCUT2D eigenvalue weighted by molar-refractivity contribution is 7.16. The molecule has 3 aromatic rings. The van der Waals surface area contributed by atoms with Gasteiger partial charge in [0.2, 0.25) is 4.96 Å². The van der Waals surface area contributed by atoms with Crippen molar-refractivity contribution < 1.29 is 9.53 Å². The lowest BCUT2D eigenvalue weighted by atomic mass is 10.5. The number of carbonyl (C=O) groups excluding carboxylic acids is 1. The first-order chi connectivity index (χ1) is 10.9. The van der Waals surface area contributed by atoms with E-state index in [4.69, 9.17) is 4.74 Å². The number of ether oxygens (including phenoxy) is 1. The van der Waals surface area contributed by atoms with Crippen LogP contribution in [0.1, 0.15) is 16.4 Å². The van der Waals surface area contributed by atoms with Gasteiger partial charge in [0.05, 0.1) is 0 Å². The Labute approximate surface area is 137 Å². The lowest BCUT2D eigenvalue weighted by molar-refractivity contribution is -0.145. The fourth-order valence-corrected chi connectivity index (χ4v) is 3.52. The van der Waals surface area contributed by atoms with Gasteiger partial charge in [-0.25, -0.2) is 4.98 Å². The fourth-order valence-electron chi connectivity index (χ4n) is 1.93. The first kappa shape index (κ1) is 15.6. The summed E-state index contributed by atoms with van der Waals surface area (Å²) in [5.74, 6) is -0.538. The number of aromatic nitrogens is 4. The number of nitrogens with zero attached hydrogens (tertiary/aromatic N) is 4. The van der Waals surface area contributed by atoms with Gasteiger partial charge < -0.3 is 4.74 Å². The van der Waals surface area contributed by atoms with Crippen LogP contribution in [0.25, 0.3) is 4.96 Å². The summed E-state index contributed by atoms with van der Waals surface area (Å²) in [6, 6.07) is 1.38. The average molecular weight is 352 g/mol. The number of esters is 1. The Balaban J connectivity index is 1.71.